The fraction of sp³-hybridized carbons (Fsp3) is 0.400. The maximum atomic E-state index is 6.25. The van der Waals surface area contributed by atoms with Gasteiger partial charge >= 0.3 is 0 Å². The van der Waals surface area contributed by atoms with Crippen molar-refractivity contribution in [3.05, 3.63) is 82.7 Å². The van der Waals surface area contributed by atoms with Crippen molar-refractivity contribution in [2.24, 2.45) is 10.7 Å². The predicted octanol–water partition coefficient (Wildman–Crippen LogP) is 3.51. The van der Waals surface area contributed by atoms with E-state index in [-0.39, 0.29) is 5.54 Å². The van der Waals surface area contributed by atoms with E-state index in [2.05, 4.69) is 65.8 Å². The first kappa shape index (κ1) is 25.6. The number of aromatic nitrogens is 5. The van der Waals surface area contributed by atoms with E-state index in [0.29, 0.717) is 5.02 Å². The van der Waals surface area contributed by atoms with Gasteiger partial charge in [-0.1, -0.05) is 29.8 Å². The van der Waals surface area contributed by atoms with Gasteiger partial charge in [0.1, 0.15) is 11.4 Å². The molecule has 206 valence electrons. The second-order valence-corrected chi connectivity index (χ2v) is 11.5. The molecule has 0 amide bonds. The van der Waals surface area contributed by atoms with Crippen LogP contribution in [-0.2, 0) is 12.1 Å². The van der Waals surface area contributed by atoms with Gasteiger partial charge in [-0.15, -0.1) is 10.2 Å². The summed E-state index contributed by atoms with van der Waals surface area (Å²) in [5, 5.41) is 14.4. The van der Waals surface area contributed by atoms with Gasteiger partial charge in [0.2, 0.25) is 0 Å². The topological polar surface area (TPSA) is 93.4 Å². The van der Waals surface area contributed by atoms with Gasteiger partial charge < -0.3 is 5.73 Å². The minimum Gasteiger partial charge on any atom is -0.329 e. The van der Waals surface area contributed by atoms with Crippen LogP contribution < -0.4 is 5.73 Å². The highest BCUT2D eigenvalue weighted by Gasteiger charge is 2.51. The number of fused-ring (bicyclic) bond motifs is 4. The molecule has 2 N–H and O–H groups in total. The van der Waals surface area contributed by atoms with E-state index in [1.165, 1.54) is 0 Å². The summed E-state index contributed by atoms with van der Waals surface area (Å²) in [7, 11) is 0. The Morgan fingerprint density at radius 2 is 1.60 bits per heavy atom. The molecule has 2 aromatic heterocycles. The minimum absolute atomic E-state index is 0.323. The zero-order valence-electron chi connectivity index (χ0n) is 22.8. The Bertz CT molecular complexity index is 1560. The standard InChI is InChI=1S/C30H34ClN9/c1-21-35-36-29-30(8-9-30)34-28(22-2-5-25(31)6-3-22)26-18-23(4-7-27(26)40(21)29)24-19-33-39(20-24)17-16-38-14-12-37(11-10-32)13-15-38/h2-7,18-20H,8-17,32H2,1H3. The van der Waals surface area contributed by atoms with Crippen LogP contribution in [0.2, 0.25) is 5.02 Å². The molecule has 1 spiro atoms. The van der Waals surface area contributed by atoms with E-state index in [9.17, 15) is 0 Å². The molecule has 1 aliphatic carbocycles. The van der Waals surface area contributed by atoms with Crippen LogP contribution in [0.15, 0.2) is 59.9 Å². The van der Waals surface area contributed by atoms with E-state index < -0.39 is 0 Å². The number of hydrogen-bond acceptors (Lipinski definition) is 7. The van der Waals surface area contributed by atoms with Crippen molar-refractivity contribution < 1.29 is 0 Å². The molecule has 0 unspecified atom stereocenters. The van der Waals surface area contributed by atoms with Crippen LogP contribution in [0.3, 0.4) is 0 Å². The monoisotopic (exact) mass is 555 g/mol. The average molecular weight is 556 g/mol. The molecule has 2 aliphatic heterocycles. The summed E-state index contributed by atoms with van der Waals surface area (Å²) in [6.45, 7) is 9.92. The molecule has 9 nitrogen and oxygen atoms in total. The maximum Gasteiger partial charge on any atom is 0.165 e. The second kappa shape index (κ2) is 10.2. The van der Waals surface area contributed by atoms with E-state index in [0.717, 1.165) is 111 Å². The van der Waals surface area contributed by atoms with E-state index in [1.54, 1.807) is 0 Å². The number of nitrogens with two attached hydrogens (primary N) is 1. The Morgan fingerprint density at radius 3 is 2.33 bits per heavy atom. The van der Waals surface area contributed by atoms with E-state index in [1.807, 2.05) is 25.3 Å². The van der Waals surface area contributed by atoms with Crippen LogP contribution >= 0.6 is 11.6 Å². The SMILES string of the molecule is Cc1nnc2n1-c1ccc(-c3cnn(CCN4CCN(CCN)CC4)c3)cc1C(c1ccc(Cl)cc1)=NC21CC1. The lowest BCUT2D eigenvalue weighted by Gasteiger charge is -2.34. The molecular formula is C30H34ClN9. The molecule has 3 aliphatic rings. The highest BCUT2D eigenvalue weighted by atomic mass is 35.5. The van der Waals surface area contributed by atoms with Crippen molar-refractivity contribution in [3.63, 3.8) is 0 Å². The summed E-state index contributed by atoms with van der Waals surface area (Å²) in [6.07, 6.45) is 6.06. The quantitative estimate of drug-likeness (QED) is 0.375. The van der Waals surface area contributed by atoms with Crippen molar-refractivity contribution in [1.29, 1.82) is 0 Å². The van der Waals surface area contributed by atoms with Crippen LogP contribution in [-0.4, -0.2) is 85.9 Å². The molecule has 1 saturated carbocycles. The van der Waals surface area contributed by atoms with Gasteiger partial charge in [-0.25, -0.2) is 0 Å². The molecule has 10 heteroatoms. The first-order valence-corrected chi connectivity index (χ1v) is 14.5. The summed E-state index contributed by atoms with van der Waals surface area (Å²) < 4.78 is 4.25. The largest absolute Gasteiger partial charge is 0.329 e. The highest BCUT2D eigenvalue weighted by Crippen LogP contribution is 2.51. The number of rotatable bonds is 7. The molecule has 4 aromatic rings. The smallest absolute Gasteiger partial charge is 0.165 e. The zero-order chi connectivity index (χ0) is 27.3. The van der Waals surface area contributed by atoms with Gasteiger partial charge in [0.05, 0.1) is 24.1 Å². The normalized spacial score (nSPS) is 18.3. The summed E-state index contributed by atoms with van der Waals surface area (Å²) in [5.74, 6) is 1.80. The number of aryl methyl sites for hydroxylation is 1. The van der Waals surface area contributed by atoms with Crippen LogP contribution in [0.5, 0.6) is 0 Å². The summed E-state index contributed by atoms with van der Waals surface area (Å²) in [4.78, 5) is 10.3. The summed E-state index contributed by atoms with van der Waals surface area (Å²) in [6, 6.07) is 14.6. The number of benzene rings is 2. The van der Waals surface area contributed by atoms with Crippen molar-refractivity contribution >= 4 is 17.3 Å². The molecule has 2 fully saturated rings. The van der Waals surface area contributed by atoms with Gasteiger partial charge in [-0.3, -0.25) is 24.0 Å². The Labute approximate surface area is 239 Å². The summed E-state index contributed by atoms with van der Waals surface area (Å²) >= 11 is 6.25. The van der Waals surface area contributed by atoms with E-state index >= 15 is 0 Å². The van der Waals surface area contributed by atoms with Crippen LogP contribution in [0.4, 0.5) is 0 Å². The fourth-order valence-electron chi connectivity index (χ4n) is 5.96. The van der Waals surface area contributed by atoms with Gasteiger partial charge in [0.25, 0.3) is 0 Å². The first-order valence-electron chi connectivity index (χ1n) is 14.1. The van der Waals surface area contributed by atoms with Crippen molar-refractivity contribution in [1.82, 2.24) is 34.3 Å². The Morgan fingerprint density at radius 1 is 0.875 bits per heavy atom. The predicted molar refractivity (Wildman–Crippen MR) is 157 cm³/mol. The molecule has 0 atom stereocenters. The van der Waals surface area contributed by atoms with E-state index in [4.69, 9.17) is 27.4 Å². The van der Waals surface area contributed by atoms with Gasteiger partial charge in [-0.2, -0.15) is 5.10 Å². The lowest BCUT2D eigenvalue weighted by Crippen LogP contribution is -2.48. The summed E-state index contributed by atoms with van der Waals surface area (Å²) in [5.41, 5.74) is 11.7. The molecule has 2 aromatic carbocycles. The molecule has 1 saturated heterocycles. The Balaban J connectivity index is 1.19. The highest BCUT2D eigenvalue weighted by molar-refractivity contribution is 6.30. The molecular weight excluding hydrogens is 522 g/mol. The van der Waals surface area contributed by atoms with Crippen LogP contribution in [0.25, 0.3) is 16.8 Å². The van der Waals surface area contributed by atoms with Gasteiger partial charge in [0, 0.05) is 73.7 Å². The minimum atomic E-state index is -0.323. The maximum absolute atomic E-state index is 6.25. The number of piperazine rings is 1. The Kier molecular flexibility index (Phi) is 6.54. The van der Waals surface area contributed by atoms with Gasteiger partial charge in [0.15, 0.2) is 5.82 Å². The first-order chi connectivity index (χ1) is 19.5. The fourth-order valence-corrected chi connectivity index (χ4v) is 6.08. The average Bonchev–Trinajstić information content (AvgIpc) is 3.44. The van der Waals surface area contributed by atoms with Crippen molar-refractivity contribution in [2.75, 3.05) is 45.8 Å². The van der Waals surface area contributed by atoms with Gasteiger partial charge in [-0.05, 0) is 49.6 Å². The number of nitrogens with zero attached hydrogens (tertiary/aromatic N) is 8. The second-order valence-electron chi connectivity index (χ2n) is 11.1. The molecule has 0 bridgehead atoms. The van der Waals surface area contributed by atoms with Crippen LogP contribution in [0, 0.1) is 6.92 Å². The molecule has 7 rings (SSSR count). The van der Waals surface area contributed by atoms with Crippen molar-refractivity contribution in [3.8, 4) is 16.8 Å². The van der Waals surface area contributed by atoms with Crippen LogP contribution in [0.1, 0.15) is 35.6 Å². The lowest BCUT2D eigenvalue weighted by molar-refractivity contribution is 0.131. The molecule has 0 radical (unpaired) electrons. The number of hydrogen-bond donors (Lipinski definition) is 1. The lowest BCUT2D eigenvalue weighted by atomic mass is 9.96. The third-order valence-corrected chi connectivity index (χ3v) is 8.67. The molecule has 4 heterocycles. The number of aliphatic imine (C=N–C) groups is 1. The Hall–Kier alpha value is -3.37. The zero-order valence-corrected chi connectivity index (χ0v) is 23.6. The van der Waals surface area contributed by atoms with Crippen molar-refractivity contribution in [2.45, 2.75) is 31.8 Å². The third-order valence-electron chi connectivity index (χ3n) is 8.42. The number of halogens is 1. The molecule has 40 heavy (non-hydrogen) atoms. The third kappa shape index (κ3) is 4.66.